The zero-order valence-electron chi connectivity index (χ0n) is 81.1. The van der Waals surface area contributed by atoms with Gasteiger partial charge in [-0.15, -0.1) is 0 Å². The largest absolute Gasteiger partial charge is 0.394 e. The maximum Gasteiger partial charge on any atom is 0.217 e. The first kappa shape index (κ1) is 123. The second-order valence-electron chi connectivity index (χ2n) is 38.1. The molecule has 12 rings (SSSR count). The molecule has 0 aromatic carbocycles. The molecule has 66 nitrogen and oxygen atoms in total. The average Bonchev–Trinajstić information content (AvgIpc) is 0.765. The number of aliphatic hydroxyl groups excluding tert-OH is 31. The Kier molecular flexibility index (Phi) is 44.4. The third-order valence-electron chi connectivity index (χ3n) is 27.4. The summed E-state index contributed by atoms with van der Waals surface area (Å²) in [5.74, 6) is -5.82. The standard InChI is InChI=1S/C84H140N6O60/c1-19-43(105)56(118)61(123)79(131-19)129-18-36-69(51(113)37(73(127)132-36)85-20(2)99)144-76-40(88-23(5)102)54(116)68(33(15-98)138-76)147-82-64(126)70(148-84-72(59(121)47(109)29(11-94)136-84)150-78-41(89-24(6)103)53(115)65(31(13-96)139-78)143-75-38(86-21(3)100)50(112)44(106)26(8-91)133-75)49(111)35(141-82)17-130-83-71(149-77-42(90-25(7)104)55(117)67(32(14-97)140-77)146-81-63(125)58(120)46(108)28(10-93)135-81)60(122)48(110)34(142-83)16-128-74-39(87-22(4)101)52(114)66(30(12-95)137-74)145-80-62(124)57(119)45(107)27(9-92)134-80/h19,26-84,91-98,105-127H,8-18H2,1-7H3,(H,85,99)(H,86,100)(H,87,101)(H,88,102)(H,89,103)(H,90,104)/t19-,26+,27+,28+,29+,30+,31+,32+,33+,34+,35+,36+,37+,38+,39+,40+,41+,42+,43+,44-,45-,46-,47+,48+,49+,50+,51+,52-,53+,54+,55+,56+,57-,58-,59-,60-,61-,62+,63+,64-,65+,66+,67+,68+,69+,70-,71-,72-,73?,74+,75-,76-,77-,78-,79+,80-,81-,82-,83-,84+/m0/s1. The number of hydrogen-bond acceptors (Lipinski definition) is 60. The summed E-state index contributed by atoms with van der Waals surface area (Å²) in [6.07, 6.45) is -116. The van der Waals surface area contributed by atoms with Gasteiger partial charge in [-0.25, -0.2) is 0 Å². The lowest BCUT2D eigenvalue weighted by Gasteiger charge is -2.51. The maximum atomic E-state index is 13.5. The fourth-order valence-electron chi connectivity index (χ4n) is 19.5. The number of hydrogen-bond donors (Lipinski definition) is 37. The molecule has 150 heavy (non-hydrogen) atoms. The second kappa shape index (κ2) is 54.0. The predicted molar refractivity (Wildman–Crippen MR) is 463 cm³/mol. The van der Waals surface area contributed by atoms with E-state index in [1.165, 1.54) is 6.92 Å². The van der Waals surface area contributed by atoms with Gasteiger partial charge in [-0.3, -0.25) is 28.8 Å². The molecule has 1 unspecified atom stereocenters. The molecule has 12 saturated heterocycles. The zero-order chi connectivity index (χ0) is 110. The van der Waals surface area contributed by atoms with Crippen molar-refractivity contribution in [2.75, 3.05) is 72.7 Å². The minimum absolute atomic E-state index is 0.856. The van der Waals surface area contributed by atoms with E-state index in [1.807, 2.05) is 0 Å². The van der Waals surface area contributed by atoms with Crippen molar-refractivity contribution >= 4 is 35.4 Å². The molecule has 866 valence electrons. The highest BCUT2D eigenvalue weighted by atomic mass is 16.8. The lowest BCUT2D eigenvalue weighted by atomic mass is 9.93. The van der Waals surface area contributed by atoms with Crippen LogP contribution in [0.4, 0.5) is 0 Å². The number of ether oxygens (including phenoxy) is 23. The van der Waals surface area contributed by atoms with Crippen LogP contribution in [-0.4, -0.2) is 635 Å². The summed E-state index contributed by atoms with van der Waals surface area (Å²) in [4.78, 5) is 78.3. The van der Waals surface area contributed by atoms with Crippen LogP contribution in [0.3, 0.4) is 0 Å². The first-order valence-electron chi connectivity index (χ1n) is 48.0. The van der Waals surface area contributed by atoms with Gasteiger partial charge in [0.2, 0.25) is 35.4 Å². The quantitative estimate of drug-likeness (QED) is 0.0272. The molecule has 12 aliphatic rings. The van der Waals surface area contributed by atoms with E-state index in [4.69, 9.17) is 109 Å². The molecule has 37 N–H and O–H groups in total. The van der Waals surface area contributed by atoms with E-state index in [1.54, 1.807) is 0 Å². The van der Waals surface area contributed by atoms with E-state index in [0.29, 0.717) is 0 Å². The Morgan fingerprint density at radius 1 is 0.187 bits per heavy atom. The van der Waals surface area contributed by atoms with E-state index in [-0.39, 0.29) is 0 Å². The summed E-state index contributed by atoms with van der Waals surface area (Å²) < 4.78 is 139. The Morgan fingerprint density at radius 3 is 0.807 bits per heavy atom. The summed E-state index contributed by atoms with van der Waals surface area (Å²) in [5.41, 5.74) is 0. The zero-order valence-corrected chi connectivity index (χ0v) is 81.1. The number of carbonyl (C=O) groups excluding carboxylic acids is 6. The van der Waals surface area contributed by atoms with Crippen LogP contribution in [-0.2, 0) is 138 Å². The fraction of sp³-hybridized carbons (Fsp3) is 0.929. The topological polar surface area (TPSA) is 1010 Å². The molecule has 66 heteroatoms. The van der Waals surface area contributed by atoms with Crippen molar-refractivity contribution in [2.24, 2.45) is 0 Å². The molecule has 0 aromatic rings. The predicted octanol–water partition coefficient (Wildman–Crippen LogP) is -25.3. The van der Waals surface area contributed by atoms with E-state index in [2.05, 4.69) is 31.9 Å². The van der Waals surface area contributed by atoms with Gasteiger partial charge in [-0.05, 0) is 6.92 Å². The molecular weight excluding hydrogens is 2050 g/mol. The van der Waals surface area contributed by atoms with Gasteiger partial charge in [0.25, 0.3) is 0 Å². The first-order valence-corrected chi connectivity index (χ1v) is 48.0. The Bertz CT molecular complexity index is 4240. The molecule has 12 fully saturated rings. The van der Waals surface area contributed by atoms with E-state index < -0.39 is 476 Å². The van der Waals surface area contributed by atoms with Gasteiger partial charge in [0.1, 0.15) is 287 Å². The number of nitrogens with one attached hydrogen (secondary N) is 6. The van der Waals surface area contributed by atoms with Gasteiger partial charge in [0, 0.05) is 41.5 Å². The van der Waals surface area contributed by atoms with Crippen molar-refractivity contribution < 1.29 is 296 Å². The number of amides is 6. The van der Waals surface area contributed by atoms with Crippen LogP contribution < -0.4 is 31.9 Å². The van der Waals surface area contributed by atoms with Crippen molar-refractivity contribution in [1.82, 2.24) is 31.9 Å². The van der Waals surface area contributed by atoms with Crippen molar-refractivity contribution in [3.63, 3.8) is 0 Å². The minimum Gasteiger partial charge on any atom is -0.394 e. The van der Waals surface area contributed by atoms with Crippen molar-refractivity contribution in [1.29, 1.82) is 0 Å². The number of carbonyl (C=O) groups is 6. The monoisotopic (exact) mass is 2190 g/mol. The van der Waals surface area contributed by atoms with Gasteiger partial charge in [0.05, 0.1) is 78.8 Å². The van der Waals surface area contributed by atoms with Crippen molar-refractivity contribution in [3.05, 3.63) is 0 Å². The van der Waals surface area contributed by atoms with Crippen LogP contribution in [0, 0.1) is 0 Å². The normalized spacial score (nSPS) is 48.8. The first-order chi connectivity index (χ1) is 70.9. The van der Waals surface area contributed by atoms with E-state index in [9.17, 15) is 187 Å². The van der Waals surface area contributed by atoms with Crippen LogP contribution >= 0.6 is 0 Å². The maximum absolute atomic E-state index is 13.5. The molecule has 12 heterocycles. The van der Waals surface area contributed by atoms with Crippen LogP contribution in [0.2, 0.25) is 0 Å². The molecule has 60 atom stereocenters. The molecular formula is C84H140N6O60. The molecule has 0 spiro atoms. The molecule has 6 amide bonds. The number of aliphatic hydroxyl groups is 31. The molecule has 0 aliphatic carbocycles. The third-order valence-corrected chi connectivity index (χ3v) is 27.4. The SMILES string of the molecule is CC(=O)N[C@H]1[C@H](O[C@H]2[C@H](O)[C@@H](NC(C)=O)C(O)O[C@@H]2CO[C@@H]2O[C@@H](C)[C@@H](O)[C@@H](O)[C@@H]2O)O[C@H](CO)[C@@H](O[C@@H]2O[C@H](CO[C@H]3O[C@H](CO[C@@H]4O[C@H](CO)[C@@H](O[C@@H]5O[C@H](CO)[C@H](O)[C@H](O)[C@H]5O)[C@@H](O)[C@H]4NC(C)=O)[C@@H](O)[C@H](O)[C@@H]3O[C@@H]3O[C@H](CO)[C@@H](O[C@@H]4O[C@H](CO)[C@H](O)[C@H](O)[C@H]4O)[C@H](O)[C@H]3NC(C)=O)[C@@H](O)[C@H](O[C@H]3O[C@H](CO)[C@@H](O)[C@H](O)[C@@H]3O[C@@H]3O[C@H](CO)[C@@H](O[C@@H]4O[C@H](CO)[C@H](O)[C@H](O)[C@H]4NC(C)=O)[C@H](O)[C@H]3NC(C)=O)[C@@H]2O)[C@@H]1O. The second-order valence-corrected chi connectivity index (χ2v) is 38.1. The Balaban J connectivity index is 0.918. The summed E-state index contributed by atoms with van der Waals surface area (Å²) in [7, 11) is 0. The summed E-state index contributed by atoms with van der Waals surface area (Å²) in [6, 6.07) is -11.7. The van der Waals surface area contributed by atoms with Crippen LogP contribution in [0.25, 0.3) is 0 Å². The van der Waals surface area contributed by atoms with Gasteiger partial charge in [-0.2, -0.15) is 0 Å². The van der Waals surface area contributed by atoms with Crippen LogP contribution in [0.5, 0.6) is 0 Å². The highest BCUT2D eigenvalue weighted by Gasteiger charge is 2.64. The Labute approximate surface area is 849 Å². The summed E-state index contributed by atoms with van der Waals surface area (Å²) >= 11 is 0. The molecule has 0 aromatic heterocycles. The van der Waals surface area contributed by atoms with Gasteiger partial charge < -0.3 is 299 Å². The Hall–Kier alpha value is -5.34. The van der Waals surface area contributed by atoms with E-state index >= 15 is 0 Å². The highest BCUT2D eigenvalue weighted by Crippen LogP contribution is 2.43. The van der Waals surface area contributed by atoms with Crippen LogP contribution in [0.1, 0.15) is 48.5 Å². The smallest absolute Gasteiger partial charge is 0.217 e. The lowest BCUT2D eigenvalue weighted by molar-refractivity contribution is -0.399. The molecule has 0 saturated carbocycles. The Morgan fingerprint density at radius 2 is 0.420 bits per heavy atom. The average molecular weight is 2190 g/mol. The fourth-order valence-corrected chi connectivity index (χ4v) is 19.5. The van der Waals surface area contributed by atoms with Gasteiger partial charge in [0.15, 0.2) is 75.5 Å². The third kappa shape index (κ3) is 27.7. The number of rotatable bonds is 39. The summed E-state index contributed by atoms with van der Waals surface area (Å²) in [5, 5.41) is 366. The lowest BCUT2D eigenvalue weighted by Crippen LogP contribution is -2.71. The van der Waals surface area contributed by atoms with Gasteiger partial charge >= 0.3 is 0 Å². The summed E-state index contributed by atoms with van der Waals surface area (Å²) in [6.45, 7) is -5.93. The minimum atomic E-state index is -2.76. The van der Waals surface area contributed by atoms with Crippen molar-refractivity contribution in [3.8, 4) is 0 Å². The molecule has 0 radical (unpaired) electrons. The van der Waals surface area contributed by atoms with E-state index in [0.717, 1.165) is 41.5 Å². The molecule has 0 bridgehead atoms. The van der Waals surface area contributed by atoms with Gasteiger partial charge in [-0.1, -0.05) is 0 Å². The van der Waals surface area contributed by atoms with Crippen LogP contribution in [0.15, 0.2) is 0 Å². The highest BCUT2D eigenvalue weighted by molar-refractivity contribution is 5.75. The van der Waals surface area contributed by atoms with Crippen molar-refractivity contribution in [2.45, 2.75) is 417 Å². The molecule has 12 aliphatic heterocycles.